The van der Waals surface area contributed by atoms with Crippen LogP contribution in [-0.4, -0.2) is 28.4 Å². The first kappa shape index (κ1) is 24.2. The third-order valence-corrected chi connectivity index (χ3v) is 6.45. The van der Waals surface area contributed by atoms with Crippen molar-refractivity contribution >= 4 is 23.1 Å². The summed E-state index contributed by atoms with van der Waals surface area (Å²) in [6, 6.07) is 15.5. The Morgan fingerprint density at radius 3 is 2.51 bits per heavy atom. The molecule has 1 atom stereocenters. The second-order valence-electron chi connectivity index (χ2n) is 8.98. The number of pyridine rings is 1. The van der Waals surface area contributed by atoms with Gasteiger partial charge in [-0.05, 0) is 79.8 Å². The summed E-state index contributed by atoms with van der Waals surface area (Å²) < 4.78 is 5.75. The smallest absolute Gasteiger partial charge is 0.300 e. The van der Waals surface area contributed by atoms with Crippen molar-refractivity contribution in [2.24, 2.45) is 0 Å². The number of ether oxygens (including phenoxy) is 1. The molecule has 1 amide bonds. The Balaban J connectivity index is 1.95. The van der Waals surface area contributed by atoms with Gasteiger partial charge in [0, 0.05) is 17.4 Å². The molecule has 0 aliphatic carbocycles. The highest BCUT2D eigenvalue weighted by atomic mass is 16.5. The molecule has 4 rings (SSSR count). The predicted molar refractivity (Wildman–Crippen MR) is 137 cm³/mol. The monoisotopic (exact) mass is 470 g/mol. The maximum atomic E-state index is 13.4. The summed E-state index contributed by atoms with van der Waals surface area (Å²) in [5.41, 5.74) is 4.40. The van der Waals surface area contributed by atoms with Crippen LogP contribution in [0, 0.1) is 13.8 Å². The van der Waals surface area contributed by atoms with Crippen LogP contribution in [0.5, 0.6) is 5.75 Å². The first-order valence-corrected chi connectivity index (χ1v) is 11.8. The summed E-state index contributed by atoms with van der Waals surface area (Å²) in [4.78, 5) is 32.7. The maximum Gasteiger partial charge on any atom is 0.300 e. The third-order valence-electron chi connectivity index (χ3n) is 6.45. The van der Waals surface area contributed by atoms with Gasteiger partial charge in [-0.15, -0.1) is 0 Å². The third kappa shape index (κ3) is 4.32. The first-order chi connectivity index (χ1) is 16.8. The molecule has 1 aromatic heterocycles. The van der Waals surface area contributed by atoms with Crippen molar-refractivity contribution < 1.29 is 19.4 Å². The van der Waals surface area contributed by atoms with Gasteiger partial charge in [-0.25, -0.2) is 0 Å². The van der Waals surface area contributed by atoms with Crippen molar-refractivity contribution in [2.45, 2.75) is 46.6 Å². The average molecular weight is 471 g/mol. The molecule has 1 aliphatic heterocycles. The SMILES string of the molecule is CCOc1ccc(/C(O)=C2\C(=O)C(=O)N(c3cccc(C)c3C)C2c2ccccn2)cc1C(C)C. The lowest BCUT2D eigenvalue weighted by atomic mass is 9.94. The van der Waals surface area contributed by atoms with E-state index in [1.807, 2.05) is 58.9 Å². The number of carbonyl (C=O) groups excluding carboxylic acids is 2. The Kier molecular flexibility index (Phi) is 6.74. The molecular formula is C29H30N2O4. The second kappa shape index (κ2) is 9.74. The summed E-state index contributed by atoms with van der Waals surface area (Å²) in [5.74, 6) is -0.786. The van der Waals surface area contributed by atoms with Crippen molar-refractivity contribution in [2.75, 3.05) is 11.5 Å². The fourth-order valence-electron chi connectivity index (χ4n) is 4.48. The number of ketones is 1. The fourth-order valence-corrected chi connectivity index (χ4v) is 4.48. The van der Waals surface area contributed by atoms with Gasteiger partial charge in [0.15, 0.2) is 0 Å². The van der Waals surface area contributed by atoms with Gasteiger partial charge in [-0.3, -0.25) is 19.5 Å². The predicted octanol–water partition coefficient (Wildman–Crippen LogP) is 5.85. The summed E-state index contributed by atoms with van der Waals surface area (Å²) in [6.45, 7) is 10.4. The molecule has 0 spiro atoms. The van der Waals surface area contributed by atoms with Crippen LogP contribution < -0.4 is 9.64 Å². The standard InChI is InChI=1S/C29H30N2O4/c1-6-35-24-14-13-20(16-21(24)17(2)3)27(32)25-26(22-11-7-8-15-30-22)31(29(34)28(25)33)23-12-9-10-18(4)19(23)5/h7-17,26,32H,6H2,1-5H3/b27-25+. The number of hydrogen-bond donors (Lipinski definition) is 1. The van der Waals surface area contributed by atoms with Crippen molar-refractivity contribution in [3.63, 3.8) is 0 Å². The molecule has 1 N–H and O–H groups in total. The molecule has 2 heterocycles. The molecule has 0 saturated carbocycles. The van der Waals surface area contributed by atoms with Gasteiger partial charge in [-0.1, -0.05) is 32.0 Å². The maximum absolute atomic E-state index is 13.4. The zero-order chi connectivity index (χ0) is 25.3. The van der Waals surface area contributed by atoms with Gasteiger partial charge < -0.3 is 9.84 Å². The molecule has 1 saturated heterocycles. The largest absolute Gasteiger partial charge is 0.507 e. The highest BCUT2D eigenvalue weighted by Crippen LogP contribution is 2.43. The van der Waals surface area contributed by atoms with E-state index in [4.69, 9.17) is 4.74 Å². The molecule has 180 valence electrons. The Bertz CT molecular complexity index is 1310. The molecule has 6 nitrogen and oxygen atoms in total. The molecule has 35 heavy (non-hydrogen) atoms. The second-order valence-corrected chi connectivity index (χ2v) is 8.98. The Morgan fingerprint density at radius 1 is 1.09 bits per heavy atom. The summed E-state index contributed by atoms with van der Waals surface area (Å²) in [6.07, 6.45) is 1.62. The van der Waals surface area contributed by atoms with Crippen molar-refractivity contribution in [3.8, 4) is 5.75 Å². The Hall–Kier alpha value is -3.93. The molecule has 3 aromatic rings. The van der Waals surface area contributed by atoms with E-state index in [1.54, 1.807) is 36.5 Å². The number of nitrogens with zero attached hydrogens (tertiary/aromatic N) is 2. The summed E-state index contributed by atoms with van der Waals surface area (Å²) >= 11 is 0. The van der Waals surface area contributed by atoms with Crippen LogP contribution >= 0.6 is 0 Å². The average Bonchev–Trinajstić information content (AvgIpc) is 3.11. The van der Waals surface area contributed by atoms with Crippen LogP contribution in [-0.2, 0) is 9.59 Å². The molecule has 0 radical (unpaired) electrons. The fraction of sp³-hybridized carbons (Fsp3) is 0.276. The molecule has 1 unspecified atom stereocenters. The Morgan fingerprint density at radius 2 is 1.86 bits per heavy atom. The van der Waals surface area contributed by atoms with E-state index >= 15 is 0 Å². The van der Waals surface area contributed by atoms with Crippen molar-refractivity contribution in [1.82, 2.24) is 4.98 Å². The molecule has 2 aromatic carbocycles. The van der Waals surface area contributed by atoms with E-state index in [-0.39, 0.29) is 17.3 Å². The number of rotatable bonds is 6. The molecule has 6 heteroatoms. The van der Waals surface area contributed by atoms with E-state index in [0.29, 0.717) is 23.6 Å². The van der Waals surface area contributed by atoms with Crippen molar-refractivity contribution in [3.05, 3.63) is 94.3 Å². The van der Waals surface area contributed by atoms with Crippen LogP contribution in [0.15, 0.2) is 66.4 Å². The Labute approximate surface area is 205 Å². The van der Waals surface area contributed by atoms with Crippen LogP contribution in [0.3, 0.4) is 0 Å². The molecule has 1 fully saturated rings. The van der Waals surface area contributed by atoms with Gasteiger partial charge in [0.05, 0.1) is 17.9 Å². The lowest BCUT2D eigenvalue weighted by Gasteiger charge is -2.26. The molecule has 1 aliphatic rings. The minimum absolute atomic E-state index is 0.0217. The van der Waals surface area contributed by atoms with E-state index < -0.39 is 17.7 Å². The van der Waals surface area contributed by atoms with Gasteiger partial charge in [-0.2, -0.15) is 0 Å². The van der Waals surface area contributed by atoms with Crippen LogP contribution in [0.4, 0.5) is 5.69 Å². The highest BCUT2D eigenvalue weighted by Gasteiger charge is 2.48. The number of benzene rings is 2. The number of carbonyl (C=O) groups is 2. The summed E-state index contributed by atoms with van der Waals surface area (Å²) in [5, 5.41) is 11.5. The number of aryl methyl sites for hydroxylation is 1. The molecule has 0 bridgehead atoms. The quantitative estimate of drug-likeness (QED) is 0.278. The van der Waals surface area contributed by atoms with Gasteiger partial charge >= 0.3 is 0 Å². The zero-order valence-corrected chi connectivity index (χ0v) is 20.7. The lowest BCUT2D eigenvalue weighted by molar-refractivity contribution is -0.132. The highest BCUT2D eigenvalue weighted by molar-refractivity contribution is 6.51. The number of anilines is 1. The van der Waals surface area contributed by atoms with E-state index in [9.17, 15) is 14.7 Å². The minimum atomic E-state index is -0.856. The zero-order valence-electron chi connectivity index (χ0n) is 20.7. The molecular weight excluding hydrogens is 440 g/mol. The number of hydrogen-bond acceptors (Lipinski definition) is 5. The lowest BCUT2D eigenvalue weighted by Crippen LogP contribution is -2.30. The minimum Gasteiger partial charge on any atom is -0.507 e. The number of amides is 1. The first-order valence-electron chi connectivity index (χ1n) is 11.8. The number of aliphatic hydroxyl groups is 1. The van der Waals surface area contributed by atoms with Crippen LogP contribution in [0.2, 0.25) is 0 Å². The number of aromatic nitrogens is 1. The van der Waals surface area contributed by atoms with Gasteiger partial charge in [0.1, 0.15) is 17.6 Å². The normalized spacial score (nSPS) is 17.3. The summed E-state index contributed by atoms with van der Waals surface area (Å²) in [7, 11) is 0. The number of Topliss-reactive ketones (excluding diaryl/α,β-unsaturated/α-hetero) is 1. The topological polar surface area (TPSA) is 79.7 Å². The van der Waals surface area contributed by atoms with Crippen molar-refractivity contribution in [1.29, 1.82) is 0 Å². The van der Waals surface area contributed by atoms with E-state index in [0.717, 1.165) is 22.4 Å². The van der Waals surface area contributed by atoms with Crippen LogP contribution in [0.1, 0.15) is 60.7 Å². The van der Waals surface area contributed by atoms with Gasteiger partial charge in [0.2, 0.25) is 0 Å². The van der Waals surface area contributed by atoms with Gasteiger partial charge in [0.25, 0.3) is 11.7 Å². The van der Waals surface area contributed by atoms with Crippen LogP contribution in [0.25, 0.3) is 5.76 Å². The van der Waals surface area contributed by atoms with E-state index in [1.165, 1.54) is 4.90 Å². The van der Waals surface area contributed by atoms with E-state index in [2.05, 4.69) is 4.98 Å². The number of aliphatic hydroxyl groups excluding tert-OH is 1.